The third-order valence-corrected chi connectivity index (χ3v) is 3.53. The van der Waals surface area contributed by atoms with Crippen LogP contribution in [0, 0.1) is 5.92 Å². The van der Waals surface area contributed by atoms with Crippen LogP contribution < -0.4 is 0 Å². The molecule has 0 bridgehead atoms. The van der Waals surface area contributed by atoms with E-state index in [-0.39, 0.29) is 71.0 Å². The molecule has 0 saturated carbocycles. The van der Waals surface area contributed by atoms with Crippen molar-refractivity contribution in [3.8, 4) is 0 Å². The van der Waals surface area contributed by atoms with E-state index in [1.54, 1.807) is 0 Å². The minimum absolute atomic E-state index is 0.0411. The predicted octanol–water partition coefficient (Wildman–Crippen LogP) is 4.40. The highest BCUT2D eigenvalue weighted by Crippen LogP contribution is 2.10. The zero-order valence-electron chi connectivity index (χ0n) is 24.0. The van der Waals surface area contributed by atoms with E-state index in [4.69, 9.17) is 37.9 Å². The first-order valence-corrected chi connectivity index (χ1v) is 13.2. The zero-order valence-corrected chi connectivity index (χ0v) is 24.0. The Hall–Kier alpha value is -2.47. The molecule has 0 aliphatic heterocycles. The van der Waals surface area contributed by atoms with Crippen molar-refractivity contribution in [2.45, 2.75) is 67.2 Å². The maximum atomic E-state index is 11.9. The minimum Gasteiger partial charge on any atom is -0.463 e. The molecule has 1 aromatic heterocycles. The Bertz CT molecular complexity index is 698. The van der Waals surface area contributed by atoms with E-state index in [0.29, 0.717) is 13.0 Å². The number of rotatable bonds is 18. The van der Waals surface area contributed by atoms with Crippen LogP contribution in [0.1, 0.15) is 88.3 Å². The second-order valence-electron chi connectivity index (χ2n) is 8.46. The normalized spacial score (nSPS) is 10.1. The van der Waals surface area contributed by atoms with Gasteiger partial charge in [0, 0.05) is 19.6 Å². The van der Waals surface area contributed by atoms with Crippen molar-refractivity contribution in [1.82, 2.24) is 0 Å². The first-order chi connectivity index (χ1) is 18.2. The molecule has 38 heavy (non-hydrogen) atoms. The van der Waals surface area contributed by atoms with Crippen molar-refractivity contribution in [2.24, 2.45) is 5.92 Å². The van der Waals surface area contributed by atoms with Crippen LogP contribution in [0.4, 0.5) is 0 Å². The summed E-state index contributed by atoms with van der Waals surface area (Å²) in [5.41, 5.74) is 0. The Kier molecular flexibility index (Phi) is 27.3. The third-order valence-electron chi connectivity index (χ3n) is 3.53. The summed E-state index contributed by atoms with van der Waals surface area (Å²) in [7, 11) is 0. The van der Waals surface area contributed by atoms with Gasteiger partial charge in [0.25, 0.3) is 0 Å². The topological polar surface area (TPSA) is 140 Å². The van der Waals surface area contributed by atoms with Gasteiger partial charge in [0.05, 0.1) is 19.8 Å². The lowest BCUT2D eigenvalue weighted by molar-refractivity contribution is -0.145. The predicted molar refractivity (Wildman–Crippen MR) is 141 cm³/mol. The molecule has 0 fully saturated rings. The van der Waals surface area contributed by atoms with E-state index >= 15 is 0 Å². The lowest BCUT2D eigenvalue weighted by Gasteiger charge is -2.07. The summed E-state index contributed by atoms with van der Waals surface area (Å²) >= 11 is 0. The van der Waals surface area contributed by atoms with Gasteiger partial charge in [-0.15, -0.1) is 0 Å². The summed E-state index contributed by atoms with van der Waals surface area (Å²) in [5.74, 6) is -1.24. The van der Waals surface area contributed by atoms with E-state index in [2.05, 4.69) is 34.6 Å². The molecule has 11 nitrogen and oxygen atoms in total. The molecular weight excluding hydrogens is 500 g/mol. The van der Waals surface area contributed by atoms with Gasteiger partial charge in [-0.2, -0.15) is 0 Å². The Morgan fingerprint density at radius 2 is 1.18 bits per heavy atom. The molecule has 0 amide bonds. The Morgan fingerprint density at radius 1 is 0.737 bits per heavy atom. The number of hydrogen-bond donors (Lipinski definition) is 1. The van der Waals surface area contributed by atoms with Crippen LogP contribution in [0.2, 0.25) is 0 Å². The highest BCUT2D eigenvalue weighted by atomic mass is 16.6. The zero-order chi connectivity index (χ0) is 29.0. The summed E-state index contributed by atoms with van der Waals surface area (Å²) in [6, 6.07) is 2.64. The van der Waals surface area contributed by atoms with Gasteiger partial charge in [-0.25, -0.2) is 9.59 Å². The number of esters is 3. The molecule has 0 unspecified atom stereocenters. The first kappa shape index (κ1) is 37.7. The number of aliphatic hydroxyl groups excluding tert-OH is 1. The molecule has 222 valence electrons. The van der Waals surface area contributed by atoms with Crippen LogP contribution in [0.5, 0.6) is 0 Å². The number of carbonyl (C=O) groups is 3. The summed E-state index contributed by atoms with van der Waals surface area (Å²) in [6.45, 7) is 13.9. The highest BCUT2D eigenvalue weighted by Gasteiger charge is 2.17. The van der Waals surface area contributed by atoms with Crippen molar-refractivity contribution in [3.05, 3.63) is 23.7 Å². The van der Waals surface area contributed by atoms with Crippen molar-refractivity contribution < 1.29 is 52.3 Å². The average Bonchev–Trinajstić information content (AvgIpc) is 3.37. The van der Waals surface area contributed by atoms with E-state index in [1.807, 2.05) is 6.92 Å². The Balaban J connectivity index is 0. The molecule has 0 aliphatic rings. The second-order valence-corrected chi connectivity index (χ2v) is 8.46. The average molecular weight is 549 g/mol. The number of furan rings is 1. The summed E-state index contributed by atoms with van der Waals surface area (Å²) in [5, 5.41) is 8.43. The van der Waals surface area contributed by atoms with Gasteiger partial charge in [0.2, 0.25) is 11.5 Å². The third kappa shape index (κ3) is 25.2. The van der Waals surface area contributed by atoms with Crippen molar-refractivity contribution in [2.75, 3.05) is 59.6 Å². The molecule has 1 N–H and O–H groups in total. The monoisotopic (exact) mass is 548 g/mol. The fraction of sp³-hybridized carbons (Fsp3) is 0.741. The molecule has 1 rings (SSSR count). The van der Waals surface area contributed by atoms with E-state index in [0.717, 1.165) is 12.3 Å². The molecule has 1 aromatic rings. The Labute approximate surface area is 227 Å². The smallest absolute Gasteiger partial charge is 0.374 e. The number of hydrogen-bond acceptors (Lipinski definition) is 11. The highest BCUT2D eigenvalue weighted by molar-refractivity contribution is 5.90. The second kappa shape index (κ2) is 27.6. The minimum atomic E-state index is -0.745. The van der Waals surface area contributed by atoms with Gasteiger partial charge < -0.3 is 37.9 Å². The SMILES string of the molecule is CC(C)C.CCC.CCCOCCOC(=O)c1ccc(C(=O)OCCOCCOC(=O)CCCOCO)o1. The standard InChI is InChI=1S/C20H30O11.C4H10.C3H8/c1-2-7-25-10-13-29-19(23)16-5-6-17(31-16)20(24)30-14-11-26-9-12-28-18(22)4-3-8-27-15-21;1-4(2)3;1-3-2/h5-6,21H,2-4,7-15H2,1H3;4H,1-3H3;3H2,1-2H3. The number of aliphatic hydroxyl groups is 1. The summed E-state index contributed by atoms with van der Waals surface area (Å²) < 4.78 is 35.1. The van der Waals surface area contributed by atoms with Crippen LogP contribution in [-0.2, 0) is 33.2 Å². The summed E-state index contributed by atoms with van der Waals surface area (Å²) in [4.78, 5) is 35.1. The van der Waals surface area contributed by atoms with Crippen LogP contribution in [-0.4, -0.2) is 82.7 Å². The van der Waals surface area contributed by atoms with Crippen molar-refractivity contribution in [3.63, 3.8) is 0 Å². The fourth-order valence-corrected chi connectivity index (χ4v) is 2.10. The molecule has 1 heterocycles. The largest absolute Gasteiger partial charge is 0.463 e. The molecule has 0 radical (unpaired) electrons. The van der Waals surface area contributed by atoms with E-state index < -0.39 is 17.9 Å². The molecule has 0 aromatic carbocycles. The molecule has 0 saturated heterocycles. The number of ether oxygens (including phenoxy) is 6. The molecule has 0 spiro atoms. The van der Waals surface area contributed by atoms with E-state index in [9.17, 15) is 14.4 Å². The molecule has 0 atom stereocenters. The molecule has 11 heteroatoms. The molecular formula is C27H48O11. The van der Waals surface area contributed by atoms with Gasteiger partial charge in [0.15, 0.2) is 0 Å². The van der Waals surface area contributed by atoms with Crippen LogP contribution in [0.15, 0.2) is 16.5 Å². The number of carbonyl (C=O) groups excluding carboxylic acids is 3. The van der Waals surface area contributed by atoms with Gasteiger partial charge in [-0.1, -0.05) is 48.0 Å². The fourth-order valence-electron chi connectivity index (χ4n) is 2.10. The van der Waals surface area contributed by atoms with E-state index in [1.165, 1.54) is 18.6 Å². The lowest BCUT2D eigenvalue weighted by atomic mass is 10.3. The lowest BCUT2D eigenvalue weighted by Crippen LogP contribution is -2.15. The van der Waals surface area contributed by atoms with Gasteiger partial charge in [-0.05, 0) is 30.9 Å². The van der Waals surface area contributed by atoms with Gasteiger partial charge >= 0.3 is 17.9 Å². The maximum Gasteiger partial charge on any atom is 0.374 e. The molecule has 0 aliphatic carbocycles. The van der Waals surface area contributed by atoms with Gasteiger partial charge in [0.1, 0.15) is 26.6 Å². The Morgan fingerprint density at radius 3 is 1.63 bits per heavy atom. The van der Waals surface area contributed by atoms with Crippen LogP contribution in [0.25, 0.3) is 0 Å². The van der Waals surface area contributed by atoms with Crippen LogP contribution >= 0.6 is 0 Å². The van der Waals surface area contributed by atoms with Gasteiger partial charge in [-0.3, -0.25) is 4.79 Å². The quantitative estimate of drug-likeness (QED) is 0.121. The maximum absolute atomic E-state index is 11.9. The van der Waals surface area contributed by atoms with Crippen molar-refractivity contribution in [1.29, 1.82) is 0 Å². The van der Waals surface area contributed by atoms with Crippen LogP contribution in [0.3, 0.4) is 0 Å². The first-order valence-electron chi connectivity index (χ1n) is 13.2. The summed E-state index contributed by atoms with van der Waals surface area (Å²) in [6.07, 6.45) is 2.76. The van der Waals surface area contributed by atoms with Crippen molar-refractivity contribution >= 4 is 17.9 Å².